The van der Waals surface area contributed by atoms with Crippen molar-refractivity contribution in [3.05, 3.63) is 30.4 Å². The van der Waals surface area contributed by atoms with Gasteiger partial charge >= 0.3 is 0 Å². The molecule has 0 bridgehead atoms. The maximum Gasteiger partial charge on any atom is 0.250 e. The summed E-state index contributed by atoms with van der Waals surface area (Å²) in [5.74, 6) is 0.638. The van der Waals surface area contributed by atoms with Crippen LogP contribution in [0.25, 0.3) is 0 Å². The van der Waals surface area contributed by atoms with Crippen molar-refractivity contribution in [1.82, 2.24) is 0 Å². The molecular formula is C11H12N2O3. The molecule has 1 heterocycles. The number of nitrogens with one attached hydrogen (secondary N) is 1. The van der Waals surface area contributed by atoms with Crippen LogP contribution < -0.4 is 20.5 Å². The van der Waals surface area contributed by atoms with Gasteiger partial charge in [-0.25, -0.2) is 0 Å². The topological polar surface area (TPSA) is 73.6 Å². The van der Waals surface area contributed by atoms with Crippen LogP contribution in [0.15, 0.2) is 24.8 Å². The van der Waals surface area contributed by atoms with Crippen molar-refractivity contribution in [3.63, 3.8) is 0 Å². The molecule has 0 unspecified atom stereocenters. The number of hydrogen-bond acceptors (Lipinski definition) is 4. The van der Waals surface area contributed by atoms with E-state index in [0.29, 0.717) is 29.3 Å². The molecule has 1 aromatic carbocycles. The van der Waals surface area contributed by atoms with Gasteiger partial charge in [0.25, 0.3) is 5.91 Å². The zero-order chi connectivity index (χ0) is 11.5. The molecule has 1 aliphatic rings. The molecule has 1 amide bonds. The lowest BCUT2D eigenvalue weighted by Crippen LogP contribution is -2.14. The molecule has 5 heteroatoms. The first-order chi connectivity index (χ1) is 7.72. The van der Waals surface area contributed by atoms with Gasteiger partial charge in [-0.1, -0.05) is 6.08 Å². The number of carbonyl (C=O) groups is 1. The fourth-order valence-corrected chi connectivity index (χ4v) is 1.47. The highest BCUT2D eigenvalue weighted by atomic mass is 16.7. The summed E-state index contributed by atoms with van der Waals surface area (Å²) in [6, 6.07) is 3.28. The number of fused-ring (bicyclic) bond motifs is 1. The van der Waals surface area contributed by atoms with Crippen molar-refractivity contribution in [2.75, 3.05) is 18.7 Å². The van der Waals surface area contributed by atoms with Crippen LogP contribution in [0.3, 0.4) is 0 Å². The zero-order valence-corrected chi connectivity index (χ0v) is 8.66. The molecule has 0 aromatic heterocycles. The van der Waals surface area contributed by atoms with Crippen molar-refractivity contribution in [3.8, 4) is 11.5 Å². The van der Waals surface area contributed by atoms with E-state index in [2.05, 4.69) is 11.9 Å². The molecule has 1 aliphatic heterocycles. The zero-order valence-electron chi connectivity index (χ0n) is 8.66. The molecule has 0 fully saturated rings. The molecule has 0 saturated carbocycles. The highest BCUT2D eigenvalue weighted by Crippen LogP contribution is 2.36. The summed E-state index contributed by atoms with van der Waals surface area (Å²) in [6.45, 7) is 4.29. The van der Waals surface area contributed by atoms with Crippen LogP contribution in [0.1, 0.15) is 10.4 Å². The van der Waals surface area contributed by atoms with E-state index in [0.717, 1.165) is 0 Å². The monoisotopic (exact) mass is 220 g/mol. The van der Waals surface area contributed by atoms with Gasteiger partial charge in [0.2, 0.25) is 6.79 Å². The molecule has 0 aliphatic carbocycles. The van der Waals surface area contributed by atoms with Gasteiger partial charge in [0.15, 0.2) is 11.5 Å². The summed E-state index contributed by atoms with van der Waals surface area (Å²) >= 11 is 0. The molecule has 2 rings (SSSR count). The third-order valence-electron chi connectivity index (χ3n) is 2.22. The Morgan fingerprint density at radius 2 is 2.19 bits per heavy atom. The summed E-state index contributed by atoms with van der Waals surface area (Å²) < 4.78 is 10.4. The number of ether oxygens (including phenoxy) is 2. The second kappa shape index (κ2) is 4.14. The van der Waals surface area contributed by atoms with Crippen LogP contribution in [0.4, 0.5) is 5.69 Å². The largest absolute Gasteiger partial charge is 0.454 e. The van der Waals surface area contributed by atoms with Crippen LogP contribution in [0.2, 0.25) is 0 Å². The number of primary amides is 1. The quantitative estimate of drug-likeness (QED) is 0.745. The number of anilines is 1. The number of nitrogens with two attached hydrogens (primary N) is 1. The number of carbonyl (C=O) groups excluding carboxylic acids is 1. The van der Waals surface area contributed by atoms with Gasteiger partial charge in [-0.15, -0.1) is 6.58 Å². The Kier molecular flexibility index (Phi) is 2.68. The Hall–Kier alpha value is -2.17. The molecule has 0 saturated heterocycles. The summed E-state index contributed by atoms with van der Waals surface area (Å²) in [4.78, 5) is 11.2. The first-order valence-corrected chi connectivity index (χ1v) is 4.80. The summed E-state index contributed by atoms with van der Waals surface area (Å²) in [6.07, 6.45) is 1.69. The molecule has 1 aromatic rings. The average molecular weight is 220 g/mol. The maximum atomic E-state index is 11.2. The second-order valence-electron chi connectivity index (χ2n) is 3.28. The molecule has 0 atom stereocenters. The molecule has 5 nitrogen and oxygen atoms in total. The van der Waals surface area contributed by atoms with Crippen LogP contribution in [-0.4, -0.2) is 19.2 Å². The fourth-order valence-electron chi connectivity index (χ4n) is 1.47. The number of benzene rings is 1. The van der Waals surface area contributed by atoms with E-state index in [-0.39, 0.29) is 6.79 Å². The standard InChI is InChI=1S/C11H12N2O3/c1-2-3-13-8-5-10-9(15-6-16-10)4-7(8)11(12)14/h2,4-5,13H,1,3,6H2,(H2,12,14). The van der Waals surface area contributed by atoms with Gasteiger partial charge in [-0.2, -0.15) is 0 Å². The average Bonchev–Trinajstić information content (AvgIpc) is 2.71. The predicted molar refractivity (Wildman–Crippen MR) is 59.8 cm³/mol. The van der Waals surface area contributed by atoms with E-state index in [4.69, 9.17) is 15.2 Å². The molecule has 3 N–H and O–H groups in total. The Morgan fingerprint density at radius 3 is 2.81 bits per heavy atom. The third kappa shape index (κ3) is 1.79. The molecule has 0 spiro atoms. The highest BCUT2D eigenvalue weighted by Gasteiger charge is 2.19. The van der Waals surface area contributed by atoms with Gasteiger partial charge in [-0.05, 0) is 6.07 Å². The predicted octanol–water partition coefficient (Wildman–Crippen LogP) is 1.11. The van der Waals surface area contributed by atoms with Crippen molar-refractivity contribution in [2.24, 2.45) is 5.73 Å². The first-order valence-electron chi connectivity index (χ1n) is 4.80. The smallest absolute Gasteiger partial charge is 0.250 e. The van der Waals surface area contributed by atoms with E-state index in [1.807, 2.05) is 0 Å². The fraction of sp³-hybridized carbons (Fsp3) is 0.182. The van der Waals surface area contributed by atoms with Gasteiger partial charge in [-0.3, -0.25) is 4.79 Å². The number of rotatable bonds is 4. The van der Waals surface area contributed by atoms with Crippen LogP contribution in [0.5, 0.6) is 11.5 Å². The van der Waals surface area contributed by atoms with Crippen LogP contribution in [-0.2, 0) is 0 Å². The van der Waals surface area contributed by atoms with E-state index >= 15 is 0 Å². The lowest BCUT2D eigenvalue weighted by molar-refractivity contribution is 0.100. The number of hydrogen-bond donors (Lipinski definition) is 2. The lowest BCUT2D eigenvalue weighted by atomic mass is 10.1. The first kappa shape index (κ1) is 10.4. The molecule has 84 valence electrons. The van der Waals surface area contributed by atoms with Crippen molar-refractivity contribution >= 4 is 11.6 Å². The third-order valence-corrected chi connectivity index (χ3v) is 2.22. The highest BCUT2D eigenvalue weighted by molar-refractivity contribution is 5.99. The molecule has 16 heavy (non-hydrogen) atoms. The van der Waals surface area contributed by atoms with Crippen LogP contribution >= 0.6 is 0 Å². The van der Waals surface area contributed by atoms with Gasteiger partial charge in [0, 0.05) is 12.6 Å². The van der Waals surface area contributed by atoms with Crippen molar-refractivity contribution < 1.29 is 14.3 Å². The van der Waals surface area contributed by atoms with Gasteiger partial charge in [0.05, 0.1) is 11.3 Å². The Labute approximate surface area is 92.8 Å². The van der Waals surface area contributed by atoms with Crippen LogP contribution in [0, 0.1) is 0 Å². The summed E-state index contributed by atoms with van der Waals surface area (Å²) in [5, 5.41) is 3.02. The molecule has 0 radical (unpaired) electrons. The minimum Gasteiger partial charge on any atom is -0.454 e. The van der Waals surface area contributed by atoms with Crippen molar-refractivity contribution in [1.29, 1.82) is 0 Å². The second-order valence-corrected chi connectivity index (χ2v) is 3.28. The van der Waals surface area contributed by atoms with Gasteiger partial charge < -0.3 is 20.5 Å². The maximum absolute atomic E-state index is 11.2. The number of amides is 1. The van der Waals surface area contributed by atoms with Crippen molar-refractivity contribution in [2.45, 2.75) is 0 Å². The lowest BCUT2D eigenvalue weighted by Gasteiger charge is -2.09. The normalized spacial score (nSPS) is 12.2. The van der Waals surface area contributed by atoms with E-state index in [9.17, 15) is 4.79 Å². The van der Waals surface area contributed by atoms with Gasteiger partial charge in [0.1, 0.15) is 0 Å². The Bertz CT molecular complexity index is 443. The molecular weight excluding hydrogens is 208 g/mol. The summed E-state index contributed by atoms with van der Waals surface area (Å²) in [7, 11) is 0. The van der Waals surface area contributed by atoms with E-state index in [1.165, 1.54) is 0 Å². The SMILES string of the molecule is C=CCNc1cc2c(cc1C(N)=O)OCO2. The Morgan fingerprint density at radius 1 is 1.50 bits per heavy atom. The Balaban J connectivity index is 2.40. The van der Waals surface area contributed by atoms with E-state index in [1.54, 1.807) is 18.2 Å². The minimum absolute atomic E-state index is 0.165. The summed E-state index contributed by atoms with van der Waals surface area (Å²) in [5.41, 5.74) is 6.28. The minimum atomic E-state index is -0.509. The van der Waals surface area contributed by atoms with E-state index < -0.39 is 5.91 Å².